The van der Waals surface area contributed by atoms with E-state index in [4.69, 9.17) is 0 Å². The minimum Gasteiger partial charge on any atom is -0.385 e. The first-order valence-corrected chi connectivity index (χ1v) is 4.10. The lowest BCUT2D eigenvalue weighted by Gasteiger charge is -2.03. The van der Waals surface area contributed by atoms with Crippen LogP contribution in [0.25, 0.3) is 0 Å². The molecule has 0 aliphatic rings. The highest BCUT2D eigenvalue weighted by molar-refractivity contribution is 5.42. The Hall–Kier alpha value is -1.31. The Morgan fingerprint density at radius 2 is 2.50 bits per heavy atom. The zero-order chi connectivity index (χ0) is 8.81. The average molecular weight is 162 g/mol. The van der Waals surface area contributed by atoms with Crippen molar-refractivity contribution in [3.63, 3.8) is 0 Å². The number of pyridine rings is 1. The Bertz CT molecular complexity index is 256. The minimum absolute atomic E-state index is 0.937. The fourth-order valence-corrected chi connectivity index (χ4v) is 0.974. The van der Waals surface area contributed by atoms with Gasteiger partial charge in [-0.1, -0.05) is 6.08 Å². The van der Waals surface area contributed by atoms with Crippen LogP contribution in [0.2, 0.25) is 0 Å². The summed E-state index contributed by atoms with van der Waals surface area (Å²) in [6.07, 6.45) is 4.70. The third-order valence-electron chi connectivity index (χ3n) is 1.57. The molecule has 2 nitrogen and oxygen atoms in total. The summed E-state index contributed by atoms with van der Waals surface area (Å²) < 4.78 is 0. The summed E-state index contributed by atoms with van der Waals surface area (Å²) >= 11 is 0. The number of hydrogen-bond donors (Lipinski definition) is 1. The Morgan fingerprint density at radius 3 is 3.17 bits per heavy atom. The van der Waals surface area contributed by atoms with E-state index in [1.54, 1.807) is 0 Å². The first-order valence-electron chi connectivity index (χ1n) is 4.10. The summed E-state index contributed by atoms with van der Waals surface area (Å²) in [6, 6.07) is 4.00. The zero-order valence-electron chi connectivity index (χ0n) is 7.38. The number of rotatable bonds is 4. The van der Waals surface area contributed by atoms with Gasteiger partial charge in [0.25, 0.3) is 0 Å². The first-order chi connectivity index (χ1) is 5.83. The highest BCUT2D eigenvalue weighted by atomic mass is 14.9. The van der Waals surface area contributed by atoms with Crippen molar-refractivity contribution in [1.29, 1.82) is 0 Å². The van der Waals surface area contributed by atoms with E-state index < -0.39 is 0 Å². The van der Waals surface area contributed by atoms with Crippen molar-refractivity contribution < 1.29 is 0 Å². The predicted molar refractivity (Wildman–Crippen MR) is 52.3 cm³/mol. The Labute approximate surface area is 73.3 Å². The van der Waals surface area contributed by atoms with Gasteiger partial charge in [0.2, 0.25) is 0 Å². The summed E-state index contributed by atoms with van der Waals surface area (Å²) in [5, 5.41) is 3.28. The Kier molecular flexibility index (Phi) is 3.33. The van der Waals surface area contributed by atoms with Crippen LogP contribution < -0.4 is 5.32 Å². The largest absolute Gasteiger partial charge is 0.385 e. The molecular formula is C10H14N2. The van der Waals surface area contributed by atoms with Crippen LogP contribution in [-0.2, 0) is 0 Å². The molecule has 0 aliphatic carbocycles. The average Bonchev–Trinajstić information content (AvgIpc) is 2.05. The standard InChI is InChI=1S/C10H14N2/c1-3-4-6-12-10-5-7-11-9(2)8-10/h3,5,7-8H,1,4,6H2,2H3,(H,11,12). The summed E-state index contributed by atoms with van der Waals surface area (Å²) in [5.74, 6) is 0. The highest BCUT2D eigenvalue weighted by Gasteiger charge is 1.90. The molecule has 0 saturated carbocycles. The normalized spacial score (nSPS) is 9.42. The molecule has 12 heavy (non-hydrogen) atoms. The maximum atomic E-state index is 4.11. The van der Waals surface area contributed by atoms with Crippen molar-refractivity contribution in [1.82, 2.24) is 4.98 Å². The van der Waals surface area contributed by atoms with E-state index >= 15 is 0 Å². The number of anilines is 1. The number of aryl methyl sites for hydroxylation is 1. The molecule has 0 atom stereocenters. The minimum atomic E-state index is 0.937. The molecule has 1 rings (SSSR count). The lowest BCUT2D eigenvalue weighted by atomic mass is 10.3. The smallest absolute Gasteiger partial charge is 0.0393 e. The molecule has 64 valence electrons. The SMILES string of the molecule is C=CCCNc1ccnc(C)c1. The second-order valence-corrected chi connectivity index (χ2v) is 2.69. The van der Waals surface area contributed by atoms with Crippen LogP contribution in [0, 0.1) is 6.92 Å². The number of aromatic nitrogens is 1. The van der Waals surface area contributed by atoms with Gasteiger partial charge in [-0.15, -0.1) is 6.58 Å². The molecule has 2 heteroatoms. The number of nitrogens with one attached hydrogen (secondary N) is 1. The van der Waals surface area contributed by atoms with Gasteiger partial charge in [0.1, 0.15) is 0 Å². The monoisotopic (exact) mass is 162 g/mol. The summed E-state index contributed by atoms with van der Waals surface area (Å²) in [7, 11) is 0. The van der Waals surface area contributed by atoms with Crippen molar-refractivity contribution in [3.8, 4) is 0 Å². The van der Waals surface area contributed by atoms with Crippen molar-refractivity contribution >= 4 is 5.69 Å². The molecule has 1 aromatic rings. The molecule has 0 fully saturated rings. The van der Waals surface area contributed by atoms with Gasteiger partial charge in [-0.3, -0.25) is 4.98 Å². The van der Waals surface area contributed by atoms with E-state index in [2.05, 4.69) is 16.9 Å². The quantitative estimate of drug-likeness (QED) is 0.543. The van der Waals surface area contributed by atoms with Gasteiger partial charge >= 0.3 is 0 Å². The van der Waals surface area contributed by atoms with Crippen LogP contribution in [0.1, 0.15) is 12.1 Å². The van der Waals surface area contributed by atoms with Gasteiger partial charge in [0.05, 0.1) is 0 Å². The maximum Gasteiger partial charge on any atom is 0.0393 e. The van der Waals surface area contributed by atoms with Crippen LogP contribution in [-0.4, -0.2) is 11.5 Å². The fourth-order valence-electron chi connectivity index (χ4n) is 0.974. The first kappa shape index (κ1) is 8.78. The molecule has 0 amide bonds. The van der Waals surface area contributed by atoms with E-state index in [1.807, 2.05) is 31.3 Å². The van der Waals surface area contributed by atoms with Crippen LogP contribution >= 0.6 is 0 Å². The maximum absolute atomic E-state index is 4.11. The third-order valence-corrected chi connectivity index (χ3v) is 1.57. The van der Waals surface area contributed by atoms with E-state index in [-0.39, 0.29) is 0 Å². The van der Waals surface area contributed by atoms with Crippen LogP contribution in [0.3, 0.4) is 0 Å². The van der Waals surface area contributed by atoms with Crippen molar-refractivity contribution in [2.75, 3.05) is 11.9 Å². The molecule has 0 unspecified atom stereocenters. The summed E-state index contributed by atoms with van der Waals surface area (Å²) in [5.41, 5.74) is 2.17. The van der Waals surface area contributed by atoms with Gasteiger partial charge in [0, 0.05) is 24.1 Å². The molecule has 0 saturated heterocycles. The second-order valence-electron chi connectivity index (χ2n) is 2.69. The fraction of sp³-hybridized carbons (Fsp3) is 0.300. The van der Waals surface area contributed by atoms with E-state index in [9.17, 15) is 0 Å². The molecule has 1 aromatic heterocycles. The van der Waals surface area contributed by atoms with E-state index in [0.717, 1.165) is 24.3 Å². The number of nitrogens with zero attached hydrogens (tertiary/aromatic N) is 1. The van der Waals surface area contributed by atoms with E-state index in [1.165, 1.54) is 0 Å². The lowest BCUT2D eigenvalue weighted by molar-refractivity contribution is 1.06. The lowest BCUT2D eigenvalue weighted by Crippen LogP contribution is -2.00. The molecule has 0 bridgehead atoms. The molecule has 0 aliphatic heterocycles. The molecule has 0 spiro atoms. The van der Waals surface area contributed by atoms with Crippen molar-refractivity contribution in [2.24, 2.45) is 0 Å². The highest BCUT2D eigenvalue weighted by Crippen LogP contribution is 2.06. The molecule has 0 aromatic carbocycles. The van der Waals surface area contributed by atoms with Crippen LogP contribution in [0.5, 0.6) is 0 Å². The summed E-state index contributed by atoms with van der Waals surface area (Å²) in [4.78, 5) is 4.11. The zero-order valence-corrected chi connectivity index (χ0v) is 7.38. The molecule has 0 radical (unpaired) electrons. The van der Waals surface area contributed by atoms with Crippen molar-refractivity contribution in [2.45, 2.75) is 13.3 Å². The third kappa shape index (κ3) is 2.74. The van der Waals surface area contributed by atoms with Crippen LogP contribution in [0.4, 0.5) is 5.69 Å². The van der Waals surface area contributed by atoms with Gasteiger partial charge in [-0.25, -0.2) is 0 Å². The predicted octanol–water partition coefficient (Wildman–Crippen LogP) is 2.38. The molecule has 1 heterocycles. The molecule has 1 N–H and O–H groups in total. The Balaban J connectivity index is 2.46. The Morgan fingerprint density at radius 1 is 1.67 bits per heavy atom. The topological polar surface area (TPSA) is 24.9 Å². The summed E-state index contributed by atoms with van der Waals surface area (Å²) in [6.45, 7) is 6.58. The van der Waals surface area contributed by atoms with E-state index in [0.29, 0.717) is 0 Å². The molecular weight excluding hydrogens is 148 g/mol. The van der Waals surface area contributed by atoms with Gasteiger partial charge in [-0.05, 0) is 25.5 Å². The second kappa shape index (κ2) is 4.54. The van der Waals surface area contributed by atoms with Crippen molar-refractivity contribution in [3.05, 3.63) is 36.7 Å². The van der Waals surface area contributed by atoms with Gasteiger partial charge in [-0.2, -0.15) is 0 Å². The van der Waals surface area contributed by atoms with Crippen LogP contribution in [0.15, 0.2) is 31.0 Å². The van der Waals surface area contributed by atoms with Gasteiger partial charge in [0.15, 0.2) is 0 Å². The number of hydrogen-bond acceptors (Lipinski definition) is 2. The van der Waals surface area contributed by atoms with Gasteiger partial charge < -0.3 is 5.32 Å².